The van der Waals surface area contributed by atoms with Crippen LogP contribution in [-0.4, -0.2) is 24.1 Å². The lowest BCUT2D eigenvalue weighted by atomic mass is 10.1. The summed E-state index contributed by atoms with van der Waals surface area (Å²) >= 11 is 13.6. The maximum Gasteiger partial charge on any atom is 0.202 e. The number of benzene rings is 2. The molecule has 0 saturated heterocycles. The molecule has 2 nitrogen and oxygen atoms in total. The van der Waals surface area contributed by atoms with Crippen molar-refractivity contribution in [2.24, 2.45) is 0 Å². The number of halogens is 4. The van der Waals surface area contributed by atoms with Crippen LogP contribution in [0.1, 0.15) is 20.7 Å². The molecule has 0 aliphatic carbocycles. The van der Waals surface area contributed by atoms with E-state index in [1.165, 1.54) is 11.8 Å². The summed E-state index contributed by atoms with van der Waals surface area (Å²) in [6, 6.07) is 10.4. The van der Waals surface area contributed by atoms with Crippen LogP contribution in [0.15, 0.2) is 56.0 Å². The Morgan fingerprint density at radius 3 is 2.23 bits per heavy atom. The Kier molecular flexibility index (Phi) is 3.64. The normalized spacial score (nSPS) is 27.2. The smallest absolute Gasteiger partial charge is 0.202 e. The summed E-state index contributed by atoms with van der Waals surface area (Å²) in [5.41, 5.74) is 0.720. The van der Waals surface area contributed by atoms with Crippen LogP contribution < -0.4 is 0 Å². The first-order valence-corrected chi connectivity index (χ1v) is 14.0. The first-order chi connectivity index (χ1) is 11.9. The molecule has 0 amide bonds. The highest BCUT2D eigenvalue weighted by Gasteiger charge is 2.65. The molecule has 0 bridgehead atoms. The van der Waals surface area contributed by atoms with Gasteiger partial charge in [0.15, 0.2) is 0 Å². The van der Waals surface area contributed by atoms with Gasteiger partial charge in [-0.2, -0.15) is 0 Å². The van der Waals surface area contributed by atoms with Crippen molar-refractivity contribution in [2.75, 3.05) is 12.5 Å². The fourth-order valence-electron chi connectivity index (χ4n) is 3.40. The SMILES string of the molecule is CS1(C)(Cl)(Cl)/C(=C2\Sc3ccccc3C2=O)C(=O)c2c1ccc(Cl)c2Cl. The second kappa shape index (κ2) is 5.05. The Balaban J connectivity index is 2.11. The van der Waals surface area contributed by atoms with Gasteiger partial charge < -0.3 is 0 Å². The number of ketones is 2. The minimum Gasteiger partial charge on any atom is -0.288 e. The molecule has 2 aromatic carbocycles. The molecule has 0 N–H and O–H groups in total. The summed E-state index contributed by atoms with van der Waals surface area (Å²) in [5, 5.41) is 0.341. The number of rotatable bonds is 0. The number of allylic oxidation sites excluding steroid dienone is 2. The Labute approximate surface area is 173 Å². The molecule has 0 aromatic heterocycles. The van der Waals surface area contributed by atoms with Gasteiger partial charge in [-0.3, -0.25) is 9.59 Å². The molecule has 0 unspecified atom stereocenters. The van der Waals surface area contributed by atoms with Crippen molar-refractivity contribution in [3.63, 3.8) is 0 Å². The third-order valence-corrected chi connectivity index (χ3v) is 12.1. The molecule has 2 heterocycles. The number of carbonyl (C=O) groups excluding carboxylic acids is 2. The van der Waals surface area contributed by atoms with Crippen molar-refractivity contribution < 1.29 is 9.59 Å². The highest BCUT2D eigenvalue weighted by molar-refractivity contribution is 8.93. The van der Waals surface area contributed by atoms with Gasteiger partial charge >= 0.3 is 0 Å². The molecule has 2 aliphatic heterocycles. The highest BCUT2D eigenvalue weighted by Crippen LogP contribution is 3.05. The molecular formula is C18H12Cl4O2S2. The molecular weight excluding hydrogens is 454 g/mol. The average Bonchev–Trinajstić information content (AvgIpc) is 2.91. The van der Waals surface area contributed by atoms with E-state index in [1.54, 1.807) is 36.8 Å². The number of carbonyl (C=O) groups is 2. The Morgan fingerprint density at radius 1 is 0.923 bits per heavy atom. The Bertz CT molecular complexity index is 1100. The molecule has 26 heavy (non-hydrogen) atoms. The number of hydrogen-bond acceptors (Lipinski definition) is 3. The topological polar surface area (TPSA) is 34.1 Å². The van der Waals surface area contributed by atoms with Crippen LogP contribution in [0.4, 0.5) is 0 Å². The maximum absolute atomic E-state index is 13.4. The lowest BCUT2D eigenvalue weighted by Gasteiger charge is -2.61. The zero-order chi connectivity index (χ0) is 19.1. The van der Waals surface area contributed by atoms with Crippen molar-refractivity contribution in [3.05, 3.63) is 67.4 Å². The molecule has 0 saturated carbocycles. The lowest BCUT2D eigenvalue weighted by Crippen LogP contribution is -2.22. The van der Waals surface area contributed by atoms with Gasteiger partial charge in [-0.05, 0) is 36.8 Å². The van der Waals surface area contributed by atoms with E-state index in [0.29, 0.717) is 10.5 Å². The second-order valence-corrected chi connectivity index (χ2v) is 21.2. The minimum atomic E-state index is -4.32. The van der Waals surface area contributed by atoms with Crippen LogP contribution in [-0.2, 0) is 0 Å². The molecule has 0 atom stereocenters. The minimum absolute atomic E-state index is 0.104. The van der Waals surface area contributed by atoms with E-state index in [1.807, 2.05) is 12.1 Å². The molecule has 2 aromatic rings. The van der Waals surface area contributed by atoms with E-state index in [9.17, 15) is 9.59 Å². The standard InChI is InChI=1S/C18H12Cl4O2S2/c1-26(2,21,22)12-8-7-10(19)14(20)13(12)16(24)18(26)17-15(23)9-5-3-4-6-11(9)25-17/h3-8H,1-2H3/b18-17-. The van der Waals surface area contributed by atoms with E-state index >= 15 is 0 Å². The van der Waals surface area contributed by atoms with Crippen LogP contribution in [0.25, 0.3) is 0 Å². The van der Waals surface area contributed by atoms with Gasteiger partial charge in [0.1, 0.15) is 0 Å². The summed E-state index contributed by atoms with van der Waals surface area (Å²) in [6.07, 6.45) is 3.27. The quantitative estimate of drug-likeness (QED) is 0.386. The van der Waals surface area contributed by atoms with Gasteiger partial charge in [-0.1, -0.05) is 68.5 Å². The fraction of sp³-hybridized carbons (Fsp3) is 0.111. The highest BCUT2D eigenvalue weighted by atomic mass is 36.0. The van der Waals surface area contributed by atoms with Crippen LogP contribution in [0, 0.1) is 0 Å². The number of Topliss-reactive ketones (excluding diaryl/α,β-unsaturated/α-hetero) is 2. The third kappa shape index (κ3) is 2.30. The van der Waals surface area contributed by atoms with Gasteiger partial charge in [-0.15, -0.1) is 6.72 Å². The van der Waals surface area contributed by atoms with Gasteiger partial charge in [0.2, 0.25) is 11.6 Å². The van der Waals surface area contributed by atoms with Crippen molar-refractivity contribution in [1.82, 2.24) is 0 Å². The summed E-state index contributed by atoms with van der Waals surface area (Å²) in [7, 11) is 14.2. The van der Waals surface area contributed by atoms with Gasteiger partial charge in [0.05, 0.1) is 25.4 Å². The predicted octanol–water partition coefficient (Wildman–Crippen LogP) is 7.19. The molecule has 0 spiro atoms. The Hall–Kier alpha value is -0.620. The molecule has 4 rings (SSSR count). The van der Waals surface area contributed by atoms with Gasteiger partial charge in [0, 0.05) is 15.4 Å². The zero-order valence-corrected chi connectivity index (χ0v) is 18.3. The third-order valence-electron chi connectivity index (χ3n) is 4.63. The molecule has 0 fully saturated rings. The van der Waals surface area contributed by atoms with Crippen LogP contribution in [0.2, 0.25) is 10.0 Å². The summed E-state index contributed by atoms with van der Waals surface area (Å²) in [6.45, 7) is -4.32. The predicted molar refractivity (Wildman–Crippen MR) is 114 cm³/mol. The van der Waals surface area contributed by atoms with E-state index in [2.05, 4.69) is 0 Å². The monoisotopic (exact) mass is 464 g/mol. The van der Waals surface area contributed by atoms with E-state index in [-0.39, 0.29) is 31.2 Å². The average molecular weight is 466 g/mol. The van der Waals surface area contributed by atoms with Crippen molar-refractivity contribution >= 4 is 74.6 Å². The largest absolute Gasteiger partial charge is 0.288 e. The fourth-order valence-corrected chi connectivity index (χ4v) is 10.8. The maximum atomic E-state index is 13.4. The van der Waals surface area contributed by atoms with Crippen LogP contribution >= 0.6 is 63.0 Å². The van der Waals surface area contributed by atoms with Crippen LogP contribution in [0.3, 0.4) is 0 Å². The molecule has 0 radical (unpaired) electrons. The summed E-state index contributed by atoms with van der Waals surface area (Å²) in [5.74, 6) is -0.688. The summed E-state index contributed by atoms with van der Waals surface area (Å²) < 4.78 is 0. The molecule has 136 valence electrons. The lowest BCUT2D eigenvalue weighted by molar-refractivity contribution is 0.101. The first kappa shape index (κ1) is 18.7. The van der Waals surface area contributed by atoms with Crippen molar-refractivity contribution in [1.29, 1.82) is 0 Å². The second-order valence-electron chi connectivity index (χ2n) is 6.96. The van der Waals surface area contributed by atoms with Gasteiger partial charge in [0.25, 0.3) is 0 Å². The first-order valence-electron chi connectivity index (χ1n) is 7.47. The number of hydrogen-bond donors (Lipinski definition) is 0. The summed E-state index contributed by atoms with van der Waals surface area (Å²) in [4.78, 5) is 28.0. The van der Waals surface area contributed by atoms with Crippen molar-refractivity contribution in [2.45, 2.75) is 9.79 Å². The molecule has 2 aliphatic rings. The number of thioether (sulfide) groups is 1. The van der Waals surface area contributed by atoms with Crippen LogP contribution in [0.5, 0.6) is 0 Å². The number of fused-ring (bicyclic) bond motifs is 2. The van der Waals surface area contributed by atoms with Gasteiger partial charge in [-0.25, -0.2) is 0 Å². The molecule has 8 heteroatoms. The van der Waals surface area contributed by atoms with E-state index < -0.39 is 12.5 Å². The van der Waals surface area contributed by atoms with Crippen molar-refractivity contribution in [3.8, 4) is 0 Å². The zero-order valence-electron chi connectivity index (χ0n) is 13.6. The Morgan fingerprint density at radius 2 is 1.58 bits per heavy atom. The van der Waals surface area contributed by atoms with E-state index in [4.69, 9.17) is 44.6 Å². The van der Waals surface area contributed by atoms with E-state index in [0.717, 1.165) is 4.90 Å².